The first-order chi connectivity index (χ1) is 11.8. The highest BCUT2D eigenvalue weighted by Crippen LogP contribution is 2.62. The predicted molar refractivity (Wildman–Crippen MR) is 97.0 cm³/mol. The molecule has 3 aliphatic rings. The van der Waals surface area contributed by atoms with Crippen LogP contribution in [0.1, 0.15) is 61.6 Å². The highest BCUT2D eigenvalue weighted by Gasteiger charge is 2.52. The van der Waals surface area contributed by atoms with Gasteiger partial charge >= 0.3 is 0 Å². The molecule has 0 bridgehead atoms. The van der Waals surface area contributed by atoms with E-state index in [2.05, 4.69) is 13.0 Å². The summed E-state index contributed by atoms with van der Waals surface area (Å²) in [7, 11) is -3.99. The molecule has 4 rings (SSSR count). The molecule has 1 aromatic carbocycles. The molecule has 0 saturated heterocycles. The van der Waals surface area contributed by atoms with Crippen LogP contribution in [0.2, 0.25) is 0 Å². The van der Waals surface area contributed by atoms with Crippen molar-refractivity contribution < 1.29 is 18.1 Å². The molecule has 5 heteroatoms. The Morgan fingerprint density at radius 2 is 2.04 bits per heavy atom. The van der Waals surface area contributed by atoms with E-state index in [1.165, 1.54) is 29.4 Å². The zero-order valence-electron chi connectivity index (χ0n) is 14.6. The summed E-state index contributed by atoms with van der Waals surface area (Å²) in [6, 6.07) is 5.92. The van der Waals surface area contributed by atoms with Gasteiger partial charge in [-0.3, -0.25) is 4.55 Å². The smallest absolute Gasteiger partial charge is 0.269 e. The second-order valence-corrected chi connectivity index (χ2v) is 9.78. The van der Waals surface area contributed by atoms with Crippen LogP contribution in [0, 0.1) is 17.3 Å². The van der Waals surface area contributed by atoms with Crippen molar-refractivity contribution in [2.45, 2.75) is 57.1 Å². The number of aliphatic hydroxyl groups is 1. The molecule has 0 radical (unpaired) electrons. The van der Waals surface area contributed by atoms with E-state index in [0.717, 1.165) is 32.1 Å². The van der Waals surface area contributed by atoms with E-state index < -0.39 is 10.1 Å². The number of rotatable bonds is 2. The molecule has 0 spiro atoms. The molecule has 0 aliphatic heterocycles. The largest absolute Gasteiger partial charge is 0.516 e. The average molecular weight is 362 g/mol. The molecule has 0 amide bonds. The Morgan fingerprint density at radius 3 is 2.76 bits per heavy atom. The average Bonchev–Trinajstić information content (AvgIpc) is 2.89. The Labute approximate surface area is 149 Å². The number of hydrogen-bond donors (Lipinski definition) is 2. The van der Waals surface area contributed by atoms with Crippen LogP contribution in [0.3, 0.4) is 0 Å². The maximum Gasteiger partial charge on any atom is 0.269 e. The van der Waals surface area contributed by atoms with Crippen LogP contribution >= 0.6 is 0 Å². The first kappa shape index (κ1) is 17.1. The van der Waals surface area contributed by atoms with E-state index >= 15 is 0 Å². The number of aryl methyl sites for hydroxylation is 1. The van der Waals surface area contributed by atoms with Gasteiger partial charge in [-0.05, 0) is 84.0 Å². The van der Waals surface area contributed by atoms with Crippen molar-refractivity contribution in [1.29, 1.82) is 0 Å². The van der Waals surface area contributed by atoms with Crippen molar-refractivity contribution in [3.05, 3.63) is 46.7 Å². The van der Waals surface area contributed by atoms with E-state index in [1.54, 1.807) is 0 Å². The number of hydrogen-bond acceptors (Lipinski definition) is 3. The van der Waals surface area contributed by atoms with Gasteiger partial charge in [-0.25, -0.2) is 0 Å². The van der Waals surface area contributed by atoms with Crippen LogP contribution in [-0.4, -0.2) is 18.1 Å². The van der Waals surface area contributed by atoms with Gasteiger partial charge in [0.05, 0.1) is 6.26 Å². The van der Waals surface area contributed by atoms with Crippen molar-refractivity contribution in [1.82, 2.24) is 0 Å². The molecule has 0 heterocycles. The van der Waals surface area contributed by atoms with Crippen LogP contribution in [0.4, 0.5) is 0 Å². The van der Waals surface area contributed by atoms with E-state index in [1.807, 2.05) is 12.1 Å². The number of aliphatic hydroxyl groups excluding tert-OH is 1. The first-order valence-electron chi connectivity index (χ1n) is 9.22. The van der Waals surface area contributed by atoms with E-state index in [0.29, 0.717) is 23.3 Å². The maximum atomic E-state index is 11.1. The van der Waals surface area contributed by atoms with Crippen molar-refractivity contribution in [2.75, 3.05) is 0 Å². The Bertz CT molecular complexity index is 826. The molecule has 25 heavy (non-hydrogen) atoms. The molecule has 2 fully saturated rings. The van der Waals surface area contributed by atoms with Gasteiger partial charge in [0.1, 0.15) is 5.75 Å². The van der Waals surface area contributed by atoms with Gasteiger partial charge in [-0.1, -0.05) is 25.1 Å². The molecular formula is C20H26O4S. The topological polar surface area (TPSA) is 74.6 Å². The lowest BCUT2D eigenvalue weighted by Crippen LogP contribution is -2.40. The van der Waals surface area contributed by atoms with Crippen molar-refractivity contribution in [3.8, 4) is 0 Å². The zero-order chi connectivity index (χ0) is 17.8. The van der Waals surface area contributed by atoms with Gasteiger partial charge in [-0.2, -0.15) is 8.42 Å². The number of allylic oxidation sites excluding steroid dienone is 1. The van der Waals surface area contributed by atoms with Gasteiger partial charge in [0, 0.05) is 0 Å². The Morgan fingerprint density at radius 1 is 1.24 bits per heavy atom. The minimum absolute atomic E-state index is 0.151. The summed E-state index contributed by atoms with van der Waals surface area (Å²) in [6.45, 7) is 2.33. The number of fused-ring (bicyclic) bond motifs is 5. The Balaban J connectivity index is 1.64. The molecule has 0 aromatic heterocycles. The Kier molecular flexibility index (Phi) is 4.00. The summed E-state index contributed by atoms with van der Waals surface area (Å²) < 4.78 is 31.4. The summed E-state index contributed by atoms with van der Waals surface area (Å²) in [5, 5.41) is 9.62. The summed E-state index contributed by atoms with van der Waals surface area (Å²) in [6.07, 6.45) is 7.88. The van der Waals surface area contributed by atoms with Crippen molar-refractivity contribution >= 4 is 10.1 Å². The fraction of sp³-hybridized carbons (Fsp3) is 0.600. The van der Waals surface area contributed by atoms with E-state index in [-0.39, 0.29) is 11.2 Å². The molecule has 4 atom stereocenters. The molecule has 2 N–H and O–H groups in total. The highest BCUT2D eigenvalue weighted by molar-refractivity contribution is 7.85. The van der Waals surface area contributed by atoms with Gasteiger partial charge < -0.3 is 5.11 Å². The fourth-order valence-electron chi connectivity index (χ4n) is 6.00. The minimum atomic E-state index is -3.99. The third-order valence-electron chi connectivity index (χ3n) is 7.14. The van der Waals surface area contributed by atoms with Crippen LogP contribution in [0.5, 0.6) is 0 Å². The second kappa shape index (κ2) is 5.85. The summed E-state index contributed by atoms with van der Waals surface area (Å²) in [5.41, 5.74) is 4.68. The van der Waals surface area contributed by atoms with Crippen LogP contribution in [0.15, 0.2) is 30.0 Å². The fourth-order valence-corrected chi connectivity index (χ4v) is 6.60. The lowest BCUT2D eigenvalue weighted by molar-refractivity contribution is 0.0801. The molecule has 136 valence electrons. The van der Waals surface area contributed by atoms with E-state index in [4.69, 9.17) is 4.55 Å². The van der Waals surface area contributed by atoms with Gasteiger partial charge in [0.2, 0.25) is 0 Å². The van der Waals surface area contributed by atoms with Crippen LogP contribution in [-0.2, 0) is 22.3 Å². The van der Waals surface area contributed by atoms with E-state index in [9.17, 15) is 13.5 Å². The third-order valence-corrected chi connectivity index (χ3v) is 7.84. The molecular weight excluding hydrogens is 336 g/mol. The highest BCUT2D eigenvalue weighted by atomic mass is 32.2. The monoisotopic (exact) mass is 362 g/mol. The molecule has 3 aliphatic carbocycles. The normalized spacial score (nSPS) is 35.9. The second-order valence-electron chi connectivity index (χ2n) is 8.32. The molecule has 0 unspecified atom stereocenters. The van der Waals surface area contributed by atoms with Gasteiger partial charge in [0.25, 0.3) is 10.1 Å². The lowest BCUT2D eigenvalue weighted by atomic mass is 9.55. The van der Waals surface area contributed by atoms with Crippen molar-refractivity contribution in [2.24, 2.45) is 17.3 Å². The van der Waals surface area contributed by atoms with Gasteiger partial charge in [0.15, 0.2) is 0 Å². The van der Waals surface area contributed by atoms with Crippen molar-refractivity contribution in [3.63, 3.8) is 0 Å². The predicted octanol–water partition coefficient (Wildman–Crippen LogP) is 4.37. The lowest BCUT2D eigenvalue weighted by Gasteiger charge is -2.49. The third kappa shape index (κ3) is 2.81. The molecule has 2 saturated carbocycles. The quantitative estimate of drug-likeness (QED) is 0.605. The summed E-state index contributed by atoms with van der Waals surface area (Å²) in [5.74, 6) is 1.52. The standard InChI is InChI=1S/C20H26O4S/c1-20-9-8-17-16-5-2-13(12-25(22,23)24)10-14(16)3-6-18(17)19(20)7-4-15(20)11-21/h2,5,10-11,17-19,21H,3-4,6-9,12H2,1H3,(H,22,23,24)/b15-11+/t17-,18-,19+,20-/m1/s1. The molecule has 1 aromatic rings. The Hall–Kier alpha value is -1.33. The number of benzene rings is 1. The SMILES string of the molecule is C[C@]12CC[C@@H]3c4ccc(CS(=O)(=O)O)cc4CC[C@H]3[C@@H]1CC/C2=C\O. The van der Waals surface area contributed by atoms with Gasteiger partial charge in [-0.15, -0.1) is 0 Å². The maximum absolute atomic E-state index is 11.1. The van der Waals surface area contributed by atoms with Crippen LogP contribution in [0.25, 0.3) is 0 Å². The zero-order valence-corrected chi connectivity index (χ0v) is 15.4. The minimum Gasteiger partial charge on any atom is -0.516 e. The molecule has 4 nitrogen and oxygen atoms in total. The summed E-state index contributed by atoms with van der Waals surface area (Å²) >= 11 is 0. The van der Waals surface area contributed by atoms with Crippen LogP contribution < -0.4 is 0 Å². The summed E-state index contributed by atoms with van der Waals surface area (Å²) in [4.78, 5) is 0. The first-order valence-corrected chi connectivity index (χ1v) is 10.8.